The standard InChI is InChI=1S/C14H20F2O/c1-9(2)14(17,10(3)4)8-11-6-5-7-12(15)13(11)16/h5-7,9-10,17H,8H2,1-4H3. The van der Waals surface area contributed by atoms with Gasteiger partial charge in [0.25, 0.3) is 0 Å². The van der Waals surface area contributed by atoms with Crippen molar-refractivity contribution >= 4 is 0 Å². The fourth-order valence-electron chi connectivity index (χ4n) is 2.06. The maximum atomic E-state index is 13.6. The third-order valence-electron chi connectivity index (χ3n) is 3.50. The van der Waals surface area contributed by atoms with Crippen molar-refractivity contribution in [3.05, 3.63) is 35.4 Å². The highest BCUT2D eigenvalue weighted by Gasteiger charge is 2.35. The SMILES string of the molecule is CC(C)C(O)(Cc1cccc(F)c1F)C(C)C. The van der Waals surface area contributed by atoms with Crippen molar-refractivity contribution in [1.82, 2.24) is 0 Å². The van der Waals surface area contributed by atoms with Gasteiger partial charge in [-0.15, -0.1) is 0 Å². The first-order valence-corrected chi connectivity index (χ1v) is 5.94. The van der Waals surface area contributed by atoms with Gasteiger partial charge in [0.15, 0.2) is 11.6 Å². The quantitative estimate of drug-likeness (QED) is 0.856. The molecule has 0 saturated carbocycles. The van der Waals surface area contributed by atoms with Gasteiger partial charge < -0.3 is 5.11 Å². The van der Waals surface area contributed by atoms with E-state index in [4.69, 9.17) is 0 Å². The average molecular weight is 242 g/mol. The summed E-state index contributed by atoms with van der Waals surface area (Å²) in [7, 11) is 0. The van der Waals surface area contributed by atoms with Crippen molar-refractivity contribution < 1.29 is 13.9 Å². The summed E-state index contributed by atoms with van der Waals surface area (Å²) >= 11 is 0. The molecule has 0 spiro atoms. The third-order valence-corrected chi connectivity index (χ3v) is 3.50. The highest BCUT2D eigenvalue weighted by atomic mass is 19.2. The van der Waals surface area contributed by atoms with Crippen LogP contribution in [0.1, 0.15) is 33.3 Å². The van der Waals surface area contributed by atoms with E-state index in [1.54, 1.807) is 0 Å². The van der Waals surface area contributed by atoms with Gasteiger partial charge in [0, 0.05) is 6.42 Å². The van der Waals surface area contributed by atoms with Crippen LogP contribution in [0.3, 0.4) is 0 Å². The predicted octanol–water partition coefficient (Wildman–Crippen LogP) is 3.55. The van der Waals surface area contributed by atoms with Crippen LogP contribution in [0.15, 0.2) is 18.2 Å². The Hall–Kier alpha value is -0.960. The molecular formula is C14H20F2O. The fourth-order valence-corrected chi connectivity index (χ4v) is 2.06. The second-order valence-electron chi connectivity index (χ2n) is 5.19. The molecule has 0 saturated heterocycles. The molecule has 0 atom stereocenters. The molecule has 0 heterocycles. The Morgan fingerprint density at radius 3 is 2.12 bits per heavy atom. The number of hydrogen-bond donors (Lipinski definition) is 1. The molecule has 0 aliphatic heterocycles. The van der Waals surface area contributed by atoms with E-state index in [0.717, 1.165) is 6.07 Å². The fraction of sp³-hybridized carbons (Fsp3) is 0.571. The smallest absolute Gasteiger partial charge is 0.162 e. The minimum Gasteiger partial charge on any atom is -0.389 e. The highest BCUT2D eigenvalue weighted by molar-refractivity contribution is 5.21. The lowest BCUT2D eigenvalue weighted by Crippen LogP contribution is -2.43. The number of rotatable bonds is 4. The Kier molecular flexibility index (Phi) is 4.26. The normalized spacial score (nSPS) is 12.5. The molecule has 1 aromatic rings. The molecule has 0 radical (unpaired) electrons. The van der Waals surface area contributed by atoms with Crippen LogP contribution in [0.25, 0.3) is 0 Å². The summed E-state index contributed by atoms with van der Waals surface area (Å²) in [5, 5.41) is 10.5. The summed E-state index contributed by atoms with van der Waals surface area (Å²) < 4.78 is 26.7. The van der Waals surface area contributed by atoms with Gasteiger partial charge in [-0.05, 0) is 23.5 Å². The van der Waals surface area contributed by atoms with E-state index in [9.17, 15) is 13.9 Å². The van der Waals surface area contributed by atoms with E-state index >= 15 is 0 Å². The van der Waals surface area contributed by atoms with Gasteiger partial charge >= 0.3 is 0 Å². The molecule has 3 heteroatoms. The summed E-state index contributed by atoms with van der Waals surface area (Å²) in [5.74, 6) is -1.76. The minimum absolute atomic E-state index is 0.0230. The van der Waals surface area contributed by atoms with Gasteiger partial charge in [-0.1, -0.05) is 39.8 Å². The molecule has 1 aromatic carbocycles. The monoisotopic (exact) mass is 242 g/mol. The van der Waals surface area contributed by atoms with Crippen molar-refractivity contribution in [3.63, 3.8) is 0 Å². The van der Waals surface area contributed by atoms with Gasteiger partial charge in [-0.3, -0.25) is 0 Å². The number of hydrogen-bond acceptors (Lipinski definition) is 1. The lowest BCUT2D eigenvalue weighted by molar-refractivity contribution is -0.0468. The van der Waals surface area contributed by atoms with Gasteiger partial charge in [0.2, 0.25) is 0 Å². The Labute approximate surface area is 101 Å². The molecular weight excluding hydrogens is 222 g/mol. The third kappa shape index (κ3) is 2.83. The van der Waals surface area contributed by atoms with E-state index in [0.29, 0.717) is 0 Å². The average Bonchev–Trinajstić information content (AvgIpc) is 2.24. The van der Waals surface area contributed by atoms with Crippen LogP contribution in [-0.2, 0) is 6.42 Å². The van der Waals surface area contributed by atoms with Gasteiger partial charge in [0.1, 0.15) is 0 Å². The van der Waals surface area contributed by atoms with E-state index in [1.807, 2.05) is 27.7 Å². The first-order chi connectivity index (χ1) is 7.79. The van der Waals surface area contributed by atoms with Crippen LogP contribution in [-0.4, -0.2) is 10.7 Å². The zero-order valence-electron chi connectivity index (χ0n) is 10.8. The zero-order chi connectivity index (χ0) is 13.2. The van der Waals surface area contributed by atoms with Crippen LogP contribution in [0.2, 0.25) is 0 Å². The molecule has 0 bridgehead atoms. The summed E-state index contributed by atoms with van der Waals surface area (Å²) in [6.07, 6.45) is 0.131. The summed E-state index contributed by atoms with van der Waals surface area (Å²) in [6.45, 7) is 7.54. The van der Waals surface area contributed by atoms with Gasteiger partial charge in [0.05, 0.1) is 5.60 Å². The van der Waals surface area contributed by atoms with Gasteiger partial charge in [-0.25, -0.2) is 8.78 Å². The first-order valence-electron chi connectivity index (χ1n) is 5.94. The Bertz CT molecular complexity index is 378. The maximum absolute atomic E-state index is 13.6. The molecule has 0 aromatic heterocycles. The predicted molar refractivity (Wildman–Crippen MR) is 64.7 cm³/mol. The van der Waals surface area contributed by atoms with Crippen molar-refractivity contribution in [2.75, 3.05) is 0 Å². The molecule has 0 aliphatic rings. The van der Waals surface area contributed by atoms with Crippen molar-refractivity contribution in [2.24, 2.45) is 11.8 Å². The van der Waals surface area contributed by atoms with Crippen molar-refractivity contribution in [1.29, 1.82) is 0 Å². The second kappa shape index (κ2) is 5.13. The minimum atomic E-state index is -1.02. The second-order valence-corrected chi connectivity index (χ2v) is 5.19. The van der Waals surface area contributed by atoms with E-state index in [1.165, 1.54) is 12.1 Å². The van der Waals surface area contributed by atoms with Gasteiger partial charge in [-0.2, -0.15) is 0 Å². The lowest BCUT2D eigenvalue weighted by atomic mass is 9.76. The number of aliphatic hydroxyl groups is 1. The summed E-state index contributed by atoms with van der Waals surface area (Å²) in [5.41, 5.74) is -0.788. The molecule has 0 aliphatic carbocycles. The van der Waals surface area contributed by atoms with E-state index < -0.39 is 17.2 Å². The highest BCUT2D eigenvalue weighted by Crippen LogP contribution is 2.31. The van der Waals surface area contributed by atoms with Crippen LogP contribution in [0.5, 0.6) is 0 Å². The van der Waals surface area contributed by atoms with E-state index in [2.05, 4.69) is 0 Å². The van der Waals surface area contributed by atoms with Crippen LogP contribution < -0.4 is 0 Å². The number of benzene rings is 1. The largest absolute Gasteiger partial charge is 0.389 e. The summed E-state index contributed by atoms with van der Waals surface area (Å²) in [4.78, 5) is 0. The van der Waals surface area contributed by atoms with Crippen LogP contribution in [0, 0.1) is 23.5 Å². The molecule has 1 nitrogen and oxygen atoms in total. The number of halogens is 2. The first kappa shape index (κ1) is 14.1. The molecule has 1 rings (SSSR count). The topological polar surface area (TPSA) is 20.2 Å². The molecule has 1 N–H and O–H groups in total. The van der Waals surface area contributed by atoms with Crippen LogP contribution in [0.4, 0.5) is 8.78 Å². The zero-order valence-corrected chi connectivity index (χ0v) is 10.8. The molecule has 0 amide bonds. The molecule has 0 unspecified atom stereocenters. The summed E-state index contributed by atoms with van der Waals surface area (Å²) in [6, 6.07) is 4.07. The van der Waals surface area contributed by atoms with Crippen molar-refractivity contribution in [3.8, 4) is 0 Å². The van der Waals surface area contributed by atoms with Crippen LogP contribution >= 0.6 is 0 Å². The molecule has 17 heavy (non-hydrogen) atoms. The Morgan fingerprint density at radius 2 is 1.65 bits per heavy atom. The van der Waals surface area contributed by atoms with Crippen molar-refractivity contribution in [2.45, 2.75) is 39.7 Å². The Balaban J connectivity index is 3.07. The van der Waals surface area contributed by atoms with E-state index in [-0.39, 0.29) is 23.8 Å². The molecule has 0 fully saturated rings. The maximum Gasteiger partial charge on any atom is 0.162 e. The molecule has 96 valence electrons. The Morgan fingerprint density at radius 1 is 1.12 bits per heavy atom. The lowest BCUT2D eigenvalue weighted by Gasteiger charge is -2.36.